The van der Waals surface area contributed by atoms with Crippen LogP contribution in [0, 0.1) is 0 Å². The van der Waals surface area contributed by atoms with Crippen LogP contribution in [0.15, 0.2) is 48.5 Å². The van der Waals surface area contributed by atoms with Gasteiger partial charge in [0.1, 0.15) is 18.1 Å². The maximum atomic E-state index is 11.5. The predicted octanol–water partition coefficient (Wildman–Crippen LogP) is 4.90. The Bertz CT molecular complexity index is 823. The van der Waals surface area contributed by atoms with E-state index in [4.69, 9.17) is 14.2 Å². The summed E-state index contributed by atoms with van der Waals surface area (Å²) in [5, 5.41) is 9.47. The topological polar surface area (TPSA) is 68.2 Å². The van der Waals surface area contributed by atoms with Crippen molar-refractivity contribution in [1.82, 2.24) is 0 Å². The normalized spacial score (nSPS) is 15.0. The molecule has 1 N–H and O–H groups in total. The van der Waals surface area contributed by atoms with Crippen molar-refractivity contribution in [2.24, 2.45) is 0 Å². The molecule has 0 radical (unpaired) electrons. The summed E-state index contributed by atoms with van der Waals surface area (Å²) < 4.78 is 17.5. The number of fused-ring (bicyclic) bond motifs is 1. The molecule has 3 rings (SSSR count). The number of hydrogen-bond donors (Lipinski definition) is 1. The zero-order valence-electron chi connectivity index (χ0n) is 18.5. The van der Waals surface area contributed by atoms with E-state index in [1.807, 2.05) is 55.5 Å². The standard InChI is InChI=1S/C25H33NO5/c1-3-4-5-8-16-29-24(25(27)28)18-20-11-13-21(14-12-20)31-19(2)26-15-17-30-23-10-7-6-9-22(23)26/h6-7,9-14,19,24H,3-5,8,15-18H2,1-2H3,(H,27,28). The van der Waals surface area contributed by atoms with Crippen LogP contribution in [0.3, 0.4) is 0 Å². The molecule has 0 fully saturated rings. The average Bonchev–Trinajstić information content (AvgIpc) is 2.78. The summed E-state index contributed by atoms with van der Waals surface area (Å²) in [7, 11) is 0. The smallest absolute Gasteiger partial charge is 0.333 e. The van der Waals surface area contributed by atoms with Gasteiger partial charge in [0.2, 0.25) is 0 Å². The third-order valence-corrected chi connectivity index (χ3v) is 5.45. The molecule has 0 aromatic heterocycles. The molecule has 1 aliphatic heterocycles. The first-order chi connectivity index (χ1) is 15.1. The minimum Gasteiger partial charge on any atom is -0.490 e. The summed E-state index contributed by atoms with van der Waals surface area (Å²) in [5.74, 6) is 0.692. The molecule has 0 bridgehead atoms. The van der Waals surface area contributed by atoms with E-state index in [-0.39, 0.29) is 6.23 Å². The second-order valence-corrected chi connectivity index (χ2v) is 7.83. The van der Waals surface area contributed by atoms with Gasteiger partial charge in [-0.2, -0.15) is 0 Å². The van der Waals surface area contributed by atoms with Crippen molar-refractivity contribution >= 4 is 11.7 Å². The van der Waals surface area contributed by atoms with Crippen LogP contribution in [-0.4, -0.2) is 43.2 Å². The number of para-hydroxylation sites is 2. The number of hydrogen-bond acceptors (Lipinski definition) is 5. The summed E-state index contributed by atoms with van der Waals surface area (Å²) in [5.41, 5.74) is 1.94. The Hall–Kier alpha value is -2.73. The van der Waals surface area contributed by atoms with Crippen molar-refractivity contribution in [1.29, 1.82) is 0 Å². The van der Waals surface area contributed by atoms with Crippen LogP contribution >= 0.6 is 0 Å². The summed E-state index contributed by atoms with van der Waals surface area (Å²) in [6, 6.07) is 15.5. The summed E-state index contributed by atoms with van der Waals surface area (Å²) in [4.78, 5) is 13.7. The Morgan fingerprint density at radius 3 is 2.65 bits per heavy atom. The second kappa shape index (κ2) is 11.6. The average molecular weight is 428 g/mol. The van der Waals surface area contributed by atoms with Gasteiger partial charge in [0.25, 0.3) is 0 Å². The van der Waals surface area contributed by atoms with Gasteiger partial charge < -0.3 is 24.2 Å². The molecule has 31 heavy (non-hydrogen) atoms. The lowest BCUT2D eigenvalue weighted by atomic mass is 10.1. The third-order valence-electron chi connectivity index (χ3n) is 5.45. The van der Waals surface area contributed by atoms with E-state index in [0.29, 0.717) is 19.6 Å². The maximum absolute atomic E-state index is 11.5. The number of nitrogens with zero attached hydrogens (tertiary/aromatic N) is 1. The molecule has 0 spiro atoms. The van der Waals surface area contributed by atoms with Gasteiger partial charge >= 0.3 is 5.97 Å². The second-order valence-electron chi connectivity index (χ2n) is 7.83. The van der Waals surface area contributed by atoms with Crippen LogP contribution in [0.1, 0.15) is 45.1 Å². The molecule has 6 heteroatoms. The zero-order valence-corrected chi connectivity index (χ0v) is 18.5. The molecule has 2 unspecified atom stereocenters. The van der Waals surface area contributed by atoms with Crippen molar-refractivity contribution < 1.29 is 24.1 Å². The van der Waals surface area contributed by atoms with Crippen LogP contribution in [0.4, 0.5) is 5.69 Å². The number of aliphatic carboxylic acids is 1. The van der Waals surface area contributed by atoms with Crippen LogP contribution in [0.2, 0.25) is 0 Å². The fourth-order valence-corrected chi connectivity index (χ4v) is 3.72. The Balaban J connectivity index is 1.54. The Labute approximate surface area is 184 Å². The van der Waals surface area contributed by atoms with E-state index in [1.54, 1.807) is 0 Å². The molecule has 1 heterocycles. The van der Waals surface area contributed by atoms with Gasteiger partial charge in [0.15, 0.2) is 12.3 Å². The van der Waals surface area contributed by atoms with Gasteiger partial charge in [-0.05, 0) is 43.2 Å². The third kappa shape index (κ3) is 6.62. The Morgan fingerprint density at radius 1 is 1.13 bits per heavy atom. The monoisotopic (exact) mass is 427 g/mol. The highest BCUT2D eigenvalue weighted by Crippen LogP contribution is 2.32. The Kier molecular flexibility index (Phi) is 8.59. The summed E-state index contributed by atoms with van der Waals surface area (Å²) in [6.07, 6.45) is 3.62. The van der Waals surface area contributed by atoms with Crippen LogP contribution < -0.4 is 14.4 Å². The molecular weight excluding hydrogens is 394 g/mol. The molecule has 6 nitrogen and oxygen atoms in total. The molecule has 0 saturated heterocycles. The fraction of sp³-hybridized carbons (Fsp3) is 0.480. The van der Waals surface area contributed by atoms with E-state index in [9.17, 15) is 9.90 Å². The number of benzene rings is 2. The molecule has 2 aromatic carbocycles. The van der Waals surface area contributed by atoms with E-state index < -0.39 is 12.1 Å². The highest BCUT2D eigenvalue weighted by Gasteiger charge is 2.23. The van der Waals surface area contributed by atoms with E-state index >= 15 is 0 Å². The summed E-state index contributed by atoms with van der Waals surface area (Å²) in [6.45, 7) is 6.03. The van der Waals surface area contributed by atoms with Gasteiger partial charge in [-0.1, -0.05) is 50.5 Å². The van der Waals surface area contributed by atoms with Crippen LogP contribution in [0.25, 0.3) is 0 Å². The van der Waals surface area contributed by atoms with Crippen molar-refractivity contribution in [3.05, 3.63) is 54.1 Å². The van der Waals surface area contributed by atoms with Gasteiger partial charge in [-0.25, -0.2) is 4.79 Å². The first kappa shape index (κ1) is 22.9. The zero-order chi connectivity index (χ0) is 22.1. The van der Waals surface area contributed by atoms with Gasteiger partial charge in [-0.15, -0.1) is 0 Å². The predicted molar refractivity (Wildman–Crippen MR) is 121 cm³/mol. The summed E-state index contributed by atoms with van der Waals surface area (Å²) >= 11 is 0. The first-order valence-electron chi connectivity index (χ1n) is 11.2. The van der Waals surface area contributed by atoms with Gasteiger partial charge in [-0.3, -0.25) is 0 Å². The molecule has 0 aliphatic carbocycles. The fourth-order valence-electron chi connectivity index (χ4n) is 3.72. The lowest BCUT2D eigenvalue weighted by Gasteiger charge is -2.35. The Morgan fingerprint density at radius 2 is 1.90 bits per heavy atom. The van der Waals surface area contributed by atoms with Crippen molar-refractivity contribution in [3.63, 3.8) is 0 Å². The number of anilines is 1. The highest BCUT2D eigenvalue weighted by molar-refractivity contribution is 5.72. The van der Waals surface area contributed by atoms with Gasteiger partial charge in [0, 0.05) is 13.0 Å². The molecule has 2 atom stereocenters. The minimum absolute atomic E-state index is 0.158. The number of carboxylic acids is 1. The van der Waals surface area contributed by atoms with E-state index in [2.05, 4.69) is 11.8 Å². The lowest BCUT2D eigenvalue weighted by molar-refractivity contribution is -0.150. The molecule has 0 saturated carbocycles. The lowest BCUT2D eigenvalue weighted by Crippen LogP contribution is -2.42. The maximum Gasteiger partial charge on any atom is 0.333 e. The first-order valence-corrected chi connectivity index (χ1v) is 11.2. The minimum atomic E-state index is -0.921. The number of carboxylic acid groups (broad SMARTS) is 1. The van der Waals surface area contributed by atoms with E-state index in [1.165, 1.54) is 0 Å². The van der Waals surface area contributed by atoms with Gasteiger partial charge in [0.05, 0.1) is 12.2 Å². The van der Waals surface area contributed by atoms with Crippen LogP contribution in [-0.2, 0) is 16.0 Å². The molecule has 0 amide bonds. The number of ether oxygens (including phenoxy) is 3. The molecule has 2 aromatic rings. The number of rotatable bonds is 12. The van der Waals surface area contributed by atoms with Crippen molar-refractivity contribution in [2.45, 2.75) is 58.3 Å². The van der Waals surface area contributed by atoms with Crippen molar-refractivity contribution in [2.75, 3.05) is 24.7 Å². The molecular formula is C25H33NO5. The van der Waals surface area contributed by atoms with E-state index in [0.717, 1.165) is 55.0 Å². The number of carbonyl (C=O) groups is 1. The SMILES string of the molecule is CCCCCCOC(Cc1ccc(OC(C)N2CCOc3ccccc32)cc1)C(=O)O. The molecule has 1 aliphatic rings. The molecule has 168 valence electrons. The van der Waals surface area contributed by atoms with Crippen molar-refractivity contribution in [3.8, 4) is 11.5 Å². The largest absolute Gasteiger partial charge is 0.490 e. The quantitative estimate of drug-likeness (QED) is 0.486. The number of unbranched alkanes of at least 4 members (excludes halogenated alkanes) is 3. The highest BCUT2D eigenvalue weighted by atomic mass is 16.5. The van der Waals surface area contributed by atoms with Crippen LogP contribution in [0.5, 0.6) is 11.5 Å².